The molecule has 1 amide bonds. The largest absolute Gasteiger partial charge is 0.382 e. The lowest BCUT2D eigenvalue weighted by molar-refractivity contribution is -0.105. The Hall–Kier alpha value is -3.13. The fourth-order valence-electron chi connectivity index (χ4n) is 3.07. The van der Waals surface area contributed by atoms with Gasteiger partial charge in [-0.3, -0.25) is 4.79 Å². The number of aliphatic hydroxyl groups is 1. The highest BCUT2D eigenvalue weighted by molar-refractivity contribution is 5.71. The molecule has 0 bridgehead atoms. The fraction of sp³-hybridized carbons (Fsp3) is 0.211. The van der Waals surface area contributed by atoms with Gasteiger partial charge in [-0.15, -0.1) is 0 Å². The molecule has 2 atom stereocenters. The van der Waals surface area contributed by atoms with Crippen molar-refractivity contribution in [2.75, 3.05) is 5.32 Å². The first-order valence-electron chi connectivity index (χ1n) is 8.24. The zero-order chi connectivity index (χ0) is 19.4. The number of carbonyl (C=O) groups is 1. The number of anilines is 1. The van der Waals surface area contributed by atoms with Crippen LogP contribution in [0.3, 0.4) is 0 Å². The van der Waals surface area contributed by atoms with Crippen LogP contribution in [0.4, 0.5) is 14.5 Å². The predicted octanol–water partition coefficient (Wildman–Crippen LogP) is 2.82. The van der Waals surface area contributed by atoms with Gasteiger partial charge in [0.05, 0.1) is 6.54 Å². The van der Waals surface area contributed by atoms with E-state index in [-0.39, 0.29) is 12.1 Å². The first-order valence-corrected chi connectivity index (χ1v) is 8.24. The second-order valence-corrected chi connectivity index (χ2v) is 6.25. The van der Waals surface area contributed by atoms with E-state index in [0.717, 1.165) is 12.1 Å². The highest BCUT2D eigenvalue weighted by Crippen LogP contribution is 2.39. The highest BCUT2D eigenvalue weighted by Gasteiger charge is 2.39. The van der Waals surface area contributed by atoms with Gasteiger partial charge in [-0.2, -0.15) is 5.10 Å². The number of hydrogen-bond donors (Lipinski definition) is 2. The summed E-state index contributed by atoms with van der Waals surface area (Å²) >= 11 is 0. The van der Waals surface area contributed by atoms with Crippen molar-refractivity contribution in [2.24, 2.45) is 0 Å². The van der Waals surface area contributed by atoms with Gasteiger partial charge in [0.2, 0.25) is 6.41 Å². The molecule has 27 heavy (non-hydrogen) atoms. The van der Waals surface area contributed by atoms with E-state index >= 15 is 0 Å². The SMILES string of the molecule is CC(c1ccc(NC=O)cc1)C(O)(Cn1cncn1)c1ccc(F)cc1F. The van der Waals surface area contributed by atoms with Crippen LogP contribution in [-0.2, 0) is 16.9 Å². The number of hydrogen-bond acceptors (Lipinski definition) is 4. The minimum absolute atomic E-state index is 0.0398. The number of nitrogens with one attached hydrogen (secondary N) is 1. The number of carbonyl (C=O) groups excluding carboxylic acids is 1. The molecule has 3 rings (SSSR count). The molecular weight excluding hydrogens is 354 g/mol. The number of benzene rings is 2. The van der Waals surface area contributed by atoms with Gasteiger partial charge in [-0.05, 0) is 23.8 Å². The van der Waals surface area contributed by atoms with Crippen LogP contribution in [0.25, 0.3) is 0 Å². The van der Waals surface area contributed by atoms with E-state index in [1.165, 1.54) is 23.4 Å². The molecule has 2 N–H and O–H groups in total. The third-order valence-corrected chi connectivity index (χ3v) is 4.62. The van der Waals surface area contributed by atoms with Crippen molar-refractivity contribution < 1.29 is 18.7 Å². The van der Waals surface area contributed by atoms with E-state index in [2.05, 4.69) is 15.4 Å². The van der Waals surface area contributed by atoms with Crippen LogP contribution < -0.4 is 5.32 Å². The van der Waals surface area contributed by atoms with Gasteiger partial charge in [0.25, 0.3) is 0 Å². The summed E-state index contributed by atoms with van der Waals surface area (Å²) in [6, 6.07) is 9.89. The summed E-state index contributed by atoms with van der Waals surface area (Å²) in [6.45, 7) is 1.66. The summed E-state index contributed by atoms with van der Waals surface area (Å²) < 4.78 is 29.3. The molecule has 3 aromatic rings. The summed E-state index contributed by atoms with van der Waals surface area (Å²) in [4.78, 5) is 14.4. The van der Waals surface area contributed by atoms with Gasteiger partial charge < -0.3 is 10.4 Å². The normalized spacial score (nSPS) is 14.4. The van der Waals surface area contributed by atoms with Crippen LogP contribution in [0.1, 0.15) is 24.0 Å². The van der Waals surface area contributed by atoms with Crippen molar-refractivity contribution in [2.45, 2.75) is 25.0 Å². The first-order chi connectivity index (χ1) is 12.9. The number of amides is 1. The molecule has 0 fully saturated rings. The first kappa shape index (κ1) is 18.7. The molecule has 0 saturated heterocycles. The number of rotatable bonds is 7. The van der Waals surface area contributed by atoms with Crippen molar-refractivity contribution in [3.63, 3.8) is 0 Å². The highest BCUT2D eigenvalue weighted by atomic mass is 19.1. The predicted molar refractivity (Wildman–Crippen MR) is 94.8 cm³/mol. The van der Waals surface area contributed by atoms with Gasteiger partial charge in [-0.1, -0.05) is 25.1 Å². The lowest BCUT2D eigenvalue weighted by Gasteiger charge is -2.35. The van der Waals surface area contributed by atoms with Crippen molar-refractivity contribution in [1.29, 1.82) is 0 Å². The summed E-state index contributed by atoms with van der Waals surface area (Å²) in [5, 5.41) is 18.0. The monoisotopic (exact) mass is 372 g/mol. The zero-order valence-electron chi connectivity index (χ0n) is 14.5. The quantitative estimate of drug-likeness (QED) is 0.625. The Balaban J connectivity index is 2.03. The van der Waals surface area contributed by atoms with Crippen molar-refractivity contribution >= 4 is 12.1 Å². The molecule has 2 unspecified atom stereocenters. The number of halogens is 2. The van der Waals surface area contributed by atoms with Crippen molar-refractivity contribution in [1.82, 2.24) is 14.8 Å². The minimum atomic E-state index is -1.72. The van der Waals surface area contributed by atoms with Gasteiger partial charge in [-0.25, -0.2) is 18.4 Å². The molecule has 0 spiro atoms. The number of aromatic nitrogens is 3. The molecule has 0 aliphatic rings. The molecule has 0 saturated carbocycles. The summed E-state index contributed by atoms with van der Waals surface area (Å²) in [7, 11) is 0. The van der Waals surface area contributed by atoms with E-state index in [4.69, 9.17) is 0 Å². The van der Waals surface area contributed by atoms with E-state index in [1.807, 2.05) is 0 Å². The maximum absolute atomic E-state index is 14.5. The van der Waals surface area contributed by atoms with Crippen molar-refractivity contribution in [3.8, 4) is 0 Å². The molecule has 0 aliphatic heterocycles. The minimum Gasteiger partial charge on any atom is -0.382 e. The topological polar surface area (TPSA) is 80.0 Å². The molecule has 140 valence electrons. The summed E-state index contributed by atoms with van der Waals surface area (Å²) in [5.41, 5.74) is -0.459. The maximum atomic E-state index is 14.5. The van der Waals surface area contributed by atoms with Crippen LogP contribution in [0.5, 0.6) is 0 Å². The molecule has 0 radical (unpaired) electrons. The Kier molecular flexibility index (Phi) is 5.27. The summed E-state index contributed by atoms with van der Waals surface area (Å²) in [6.07, 6.45) is 3.29. The van der Waals surface area contributed by atoms with Gasteiger partial charge in [0.15, 0.2) is 0 Å². The molecule has 0 aliphatic carbocycles. The average molecular weight is 372 g/mol. The second kappa shape index (κ2) is 7.63. The third-order valence-electron chi connectivity index (χ3n) is 4.62. The number of nitrogens with zero attached hydrogens (tertiary/aromatic N) is 3. The van der Waals surface area contributed by atoms with E-state index in [9.17, 15) is 18.7 Å². The van der Waals surface area contributed by atoms with E-state index in [0.29, 0.717) is 17.7 Å². The van der Waals surface area contributed by atoms with Crippen molar-refractivity contribution in [3.05, 3.63) is 77.9 Å². The average Bonchev–Trinajstić information content (AvgIpc) is 3.14. The molecule has 6 nitrogen and oxygen atoms in total. The van der Waals surface area contributed by atoms with Crippen LogP contribution >= 0.6 is 0 Å². The lowest BCUT2D eigenvalue weighted by atomic mass is 9.78. The second-order valence-electron chi connectivity index (χ2n) is 6.25. The maximum Gasteiger partial charge on any atom is 0.211 e. The standard InChI is InChI=1S/C19H18F2N4O2/c1-13(14-2-5-16(6-3-14)23-12-26)19(27,9-25-11-22-10-24-25)17-7-4-15(20)8-18(17)21/h2-8,10-13,27H,9H2,1H3,(H,23,26). The molecular formula is C19H18F2N4O2. The Labute approximate surface area is 154 Å². The smallest absolute Gasteiger partial charge is 0.211 e. The summed E-state index contributed by atoms with van der Waals surface area (Å²) in [5.74, 6) is -2.15. The van der Waals surface area contributed by atoms with Crippen LogP contribution in [0, 0.1) is 11.6 Å². The lowest BCUT2D eigenvalue weighted by Crippen LogP contribution is -2.38. The van der Waals surface area contributed by atoms with Crippen LogP contribution in [-0.4, -0.2) is 26.3 Å². The molecule has 2 aromatic carbocycles. The van der Waals surface area contributed by atoms with E-state index < -0.39 is 23.2 Å². The van der Waals surface area contributed by atoms with Gasteiger partial charge in [0.1, 0.15) is 29.9 Å². The van der Waals surface area contributed by atoms with Crippen LogP contribution in [0.2, 0.25) is 0 Å². The van der Waals surface area contributed by atoms with Gasteiger partial charge in [0, 0.05) is 23.2 Å². The fourth-order valence-corrected chi connectivity index (χ4v) is 3.07. The zero-order valence-corrected chi connectivity index (χ0v) is 14.5. The third kappa shape index (κ3) is 3.85. The van der Waals surface area contributed by atoms with E-state index in [1.54, 1.807) is 31.2 Å². The van der Waals surface area contributed by atoms with Crippen LogP contribution in [0.15, 0.2) is 55.1 Å². The Morgan fingerprint density at radius 1 is 1.26 bits per heavy atom. The Morgan fingerprint density at radius 3 is 2.59 bits per heavy atom. The van der Waals surface area contributed by atoms with Gasteiger partial charge >= 0.3 is 0 Å². The molecule has 1 aromatic heterocycles. The molecule has 1 heterocycles. The Morgan fingerprint density at radius 2 is 2.00 bits per heavy atom. The molecule has 8 heteroatoms. The Bertz CT molecular complexity index is 916.